The average Bonchev–Trinajstić information content (AvgIpc) is 2.78. The molecule has 2 rings (SSSR count). The van der Waals surface area contributed by atoms with Crippen LogP contribution in [0.4, 0.5) is 22.7 Å². The summed E-state index contributed by atoms with van der Waals surface area (Å²) in [5.41, 5.74) is 2.69. The molecule has 0 fully saturated rings. The van der Waals surface area contributed by atoms with Gasteiger partial charge in [-0.25, -0.2) is 0 Å². The number of carbonyl (C=O) groups excluding carboxylic acids is 4. The molecule has 2 aromatic carbocycles. The second-order valence-corrected chi connectivity index (χ2v) is 9.75. The van der Waals surface area contributed by atoms with Gasteiger partial charge < -0.3 is 21.3 Å². The highest BCUT2D eigenvalue weighted by Crippen LogP contribution is 2.17. The van der Waals surface area contributed by atoms with Crippen molar-refractivity contribution in [3.8, 4) is 0 Å². The molecule has 0 bridgehead atoms. The molecular weight excluding hydrogens is 456 g/mol. The summed E-state index contributed by atoms with van der Waals surface area (Å²) in [6, 6.07) is 14.0. The third-order valence-corrected chi connectivity index (χ3v) is 5.15. The number of amides is 4. The van der Waals surface area contributed by atoms with Crippen LogP contribution in [0.5, 0.6) is 0 Å². The number of nitrogens with one attached hydrogen (secondary N) is 4. The molecule has 0 unspecified atom stereocenters. The molecule has 2 aromatic rings. The normalized spacial score (nSPS) is 10.7. The van der Waals surface area contributed by atoms with E-state index in [-0.39, 0.29) is 35.5 Å². The molecule has 0 heterocycles. The van der Waals surface area contributed by atoms with E-state index in [9.17, 15) is 19.2 Å². The lowest BCUT2D eigenvalue weighted by Crippen LogP contribution is -2.15. The van der Waals surface area contributed by atoms with Gasteiger partial charge in [0.15, 0.2) is 0 Å². The lowest BCUT2D eigenvalue weighted by Gasteiger charge is -2.10. The first-order chi connectivity index (χ1) is 17.1. The second kappa shape index (κ2) is 14.7. The Balaban J connectivity index is 1.64. The summed E-state index contributed by atoms with van der Waals surface area (Å²) < 4.78 is 0. The van der Waals surface area contributed by atoms with Crippen molar-refractivity contribution >= 4 is 46.4 Å². The molecule has 36 heavy (non-hydrogen) atoms. The molecule has 0 aliphatic rings. The maximum absolute atomic E-state index is 12.2. The van der Waals surface area contributed by atoms with Crippen LogP contribution in [0.2, 0.25) is 0 Å². The van der Waals surface area contributed by atoms with E-state index in [1.165, 1.54) is 0 Å². The van der Waals surface area contributed by atoms with E-state index in [0.29, 0.717) is 61.3 Å². The van der Waals surface area contributed by atoms with Crippen LogP contribution in [0.25, 0.3) is 0 Å². The predicted octanol–water partition coefficient (Wildman–Crippen LogP) is 5.79. The average molecular weight is 495 g/mol. The first-order valence-corrected chi connectivity index (χ1v) is 12.5. The van der Waals surface area contributed by atoms with E-state index in [4.69, 9.17) is 0 Å². The molecule has 194 valence electrons. The summed E-state index contributed by atoms with van der Waals surface area (Å²) >= 11 is 0. The van der Waals surface area contributed by atoms with Gasteiger partial charge in [0.05, 0.1) is 0 Å². The number of hydrogen-bond acceptors (Lipinski definition) is 4. The fourth-order valence-electron chi connectivity index (χ4n) is 3.46. The standard InChI is InChI=1S/C28H38N4O4/c1-19(2)17-27(35)31-23-13-9-21(10-14-23)29-25(33)7-5-6-8-26(34)30-22-11-15-24(16-12-22)32-28(36)18-20(3)4/h9-16,19-20H,5-8,17-18H2,1-4H3,(H,29,33)(H,30,34)(H,31,35)(H,32,36). The Labute approximate surface area is 213 Å². The van der Waals surface area contributed by atoms with E-state index in [2.05, 4.69) is 21.3 Å². The summed E-state index contributed by atoms with van der Waals surface area (Å²) in [6.45, 7) is 7.95. The maximum Gasteiger partial charge on any atom is 0.224 e. The number of anilines is 4. The quantitative estimate of drug-likeness (QED) is 0.264. The Morgan fingerprint density at radius 1 is 0.500 bits per heavy atom. The van der Waals surface area contributed by atoms with Gasteiger partial charge in [0.2, 0.25) is 23.6 Å². The molecule has 0 radical (unpaired) electrons. The molecule has 0 saturated heterocycles. The third kappa shape index (κ3) is 11.6. The van der Waals surface area contributed by atoms with Crippen LogP contribution in [0.15, 0.2) is 48.5 Å². The molecular formula is C28H38N4O4. The van der Waals surface area contributed by atoms with Gasteiger partial charge in [0.25, 0.3) is 0 Å². The zero-order valence-electron chi connectivity index (χ0n) is 21.6. The number of benzene rings is 2. The van der Waals surface area contributed by atoms with Crippen molar-refractivity contribution in [2.45, 2.75) is 66.2 Å². The molecule has 4 amide bonds. The molecule has 8 nitrogen and oxygen atoms in total. The van der Waals surface area contributed by atoms with Gasteiger partial charge in [0.1, 0.15) is 0 Å². The van der Waals surface area contributed by atoms with Crippen molar-refractivity contribution in [3.05, 3.63) is 48.5 Å². The largest absolute Gasteiger partial charge is 0.326 e. The smallest absolute Gasteiger partial charge is 0.224 e. The Hall–Kier alpha value is -3.68. The highest BCUT2D eigenvalue weighted by Gasteiger charge is 2.09. The maximum atomic E-state index is 12.2. The van der Waals surface area contributed by atoms with Crippen molar-refractivity contribution < 1.29 is 19.2 Å². The minimum atomic E-state index is -0.123. The molecule has 4 N–H and O–H groups in total. The van der Waals surface area contributed by atoms with E-state index < -0.39 is 0 Å². The van der Waals surface area contributed by atoms with Crippen LogP contribution in [0.1, 0.15) is 66.2 Å². The summed E-state index contributed by atoms with van der Waals surface area (Å²) in [5, 5.41) is 11.3. The minimum absolute atomic E-state index is 0.0339. The number of rotatable bonds is 13. The van der Waals surface area contributed by atoms with Crippen molar-refractivity contribution in [2.75, 3.05) is 21.3 Å². The van der Waals surface area contributed by atoms with E-state index in [1.807, 2.05) is 27.7 Å². The summed E-state index contributed by atoms with van der Waals surface area (Å²) in [6.07, 6.45) is 2.71. The summed E-state index contributed by atoms with van der Waals surface area (Å²) in [4.78, 5) is 48.1. The van der Waals surface area contributed by atoms with Crippen molar-refractivity contribution in [1.29, 1.82) is 0 Å². The van der Waals surface area contributed by atoms with Crippen LogP contribution < -0.4 is 21.3 Å². The topological polar surface area (TPSA) is 116 Å². The van der Waals surface area contributed by atoms with Crippen LogP contribution in [-0.4, -0.2) is 23.6 Å². The monoisotopic (exact) mass is 494 g/mol. The molecule has 8 heteroatoms. The fraction of sp³-hybridized carbons (Fsp3) is 0.429. The minimum Gasteiger partial charge on any atom is -0.326 e. The van der Waals surface area contributed by atoms with Crippen LogP contribution in [0, 0.1) is 11.8 Å². The fourth-order valence-corrected chi connectivity index (χ4v) is 3.46. The first kappa shape index (κ1) is 28.6. The molecule has 0 atom stereocenters. The van der Waals surface area contributed by atoms with Crippen molar-refractivity contribution in [2.24, 2.45) is 11.8 Å². The van der Waals surface area contributed by atoms with Gasteiger partial charge in [-0.2, -0.15) is 0 Å². The Bertz CT molecular complexity index is 931. The lowest BCUT2D eigenvalue weighted by molar-refractivity contribution is -0.118. The lowest BCUT2D eigenvalue weighted by atomic mass is 10.1. The van der Waals surface area contributed by atoms with Crippen molar-refractivity contribution in [1.82, 2.24) is 0 Å². The molecule has 0 aliphatic heterocycles. The predicted molar refractivity (Wildman–Crippen MR) is 145 cm³/mol. The Morgan fingerprint density at radius 3 is 1.00 bits per heavy atom. The highest BCUT2D eigenvalue weighted by atomic mass is 16.2. The highest BCUT2D eigenvalue weighted by molar-refractivity contribution is 5.94. The van der Waals surface area contributed by atoms with Crippen LogP contribution >= 0.6 is 0 Å². The Morgan fingerprint density at radius 2 is 0.750 bits per heavy atom. The molecule has 0 saturated carbocycles. The molecule has 0 spiro atoms. The van der Waals surface area contributed by atoms with E-state index in [1.54, 1.807) is 48.5 Å². The number of carbonyl (C=O) groups is 4. The van der Waals surface area contributed by atoms with Gasteiger partial charge >= 0.3 is 0 Å². The van der Waals surface area contributed by atoms with E-state index >= 15 is 0 Å². The van der Waals surface area contributed by atoms with Crippen LogP contribution in [-0.2, 0) is 19.2 Å². The SMILES string of the molecule is CC(C)CC(=O)Nc1ccc(NC(=O)CCCCC(=O)Nc2ccc(NC(=O)CC(C)C)cc2)cc1. The second-order valence-electron chi connectivity index (χ2n) is 9.75. The van der Waals surface area contributed by atoms with Gasteiger partial charge in [-0.15, -0.1) is 0 Å². The van der Waals surface area contributed by atoms with E-state index in [0.717, 1.165) is 0 Å². The van der Waals surface area contributed by atoms with Crippen molar-refractivity contribution in [3.63, 3.8) is 0 Å². The zero-order chi connectivity index (χ0) is 26.5. The summed E-state index contributed by atoms with van der Waals surface area (Å²) in [7, 11) is 0. The molecule has 0 aromatic heterocycles. The number of unbranched alkanes of at least 4 members (excludes halogenated alkanes) is 1. The van der Waals surface area contributed by atoms with Gasteiger partial charge in [-0.3, -0.25) is 19.2 Å². The number of hydrogen-bond donors (Lipinski definition) is 4. The van der Waals surface area contributed by atoms with Gasteiger partial charge in [-0.05, 0) is 73.2 Å². The van der Waals surface area contributed by atoms with Crippen LogP contribution in [0.3, 0.4) is 0 Å². The Kier molecular flexibility index (Phi) is 11.6. The summed E-state index contributed by atoms with van der Waals surface area (Å²) in [5.74, 6) is 0.262. The third-order valence-electron chi connectivity index (χ3n) is 5.15. The molecule has 0 aliphatic carbocycles. The van der Waals surface area contributed by atoms with Gasteiger partial charge in [-0.1, -0.05) is 27.7 Å². The zero-order valence-corrected chi connectivity index (χ0v) is 21.6. The first-order valence-electron chi connectivity index (χ1n) is 12.5. The van der Waals surface area contributed by atoms with Gasteiger partial charge in [0, 0.05) is 48.4 Å².